The smallest absolute Gasteiger partial charge is 0.448 e. The Morgan fingerprint density at radius 2 is 0.700 bits per heavy atom. The van der Waals surface area contributed by atoms with Gasteiger partial charge in [0.05, 0.1) is 0 Å². The molecule has 0 radical (unpaired) electrons. The first-order valence-corrected chi connectivity index (χ1v) is 24.4. The van der Waals surface area contributed by atoms with Crippen molar-refractivity contribution in [2.45, 2.75) is 270 Å². The highest BCUT2D eigenvalue weighted by Gasteiger charge is 2.70. The summed E-state index contributed by atoms with van der Waals surface area (Å²) in [7, 11) is 0. The summed E-state index contributed by atoms with van der Waals surface area (Å²) in [5.41, 5.74) is 0. The molecule has 1 aliphatic heterocycles. The van der Waals surface area contributed by atoms with E-state index in [0.717, 1.165) is 77.0 Å². The highest BCUT2D eigenvalue weighted by Crippen LogP contribution is 2.39. The molecule has 0 aliphatic carbocycles. The van der Waals surface area contributed by atoms with Crippen LogP contribution in [0.25, 0.3) is 0 Å². The van der Waals surface area contributed by atoms with Crippen molar-refractivity contribution in [2.75, 3.05) is 0 Å². The van der Waals surface area contributed by atoms with Crippen LogP contribution in [0.2, 0.25) is 0 Å². The van der Waals surface area contributed by atoms with Gasteiger partial charge < -0.3 is 39.4 Å². The number of unbranched alkanes of at least 4 members (excludes halogenated alkanes) is 30. The number of aliphatic hydroxyl groups is 4. The van der Waals surface area contributed by atoms with Gasteiger partial charge in [-0.1, -0.05) is 213 Å². The van der Waals surface area contributed by atoms with E-state index >= 15 is 0 Å². The van der Waals surface area contributed by atoms with E-state index in [1.54, 1.807) is 0 Å². The van der Waals surface area contributed by atoms with Crippen LogP contribution in [0.1, 0.15) is 252 Å². The molecule has 0 bridgehead atoms. The van der Waals surface area contributed by atoms with E-state index in [0.29, 0.717) is 38.5 Å². The fourth-order valence-corrected chi connectivity index (χ4v) is 7.60. The number of ether oxygens (including phenoxy) is 4. The molecule has 0 aromatic rings. The summed E-state index contributed by atoms with van der Waals surface area (Å²) in [6.45, 7) is 6.58. The van der Waals surface area contributed by atoms with Gasteiger partial charge in [-0.25, -0.2) is 4.79 Å². The van der Waals surface area contributed by atoms with Crippen molar-refractivity contribution in [3.8, 4) is 0 Å². The molecular formula is C48H86O12. The van der Waals surface area contributed by atoms with Gasteiger partial charge in [-0.05, 0) is 19.3 Å². The summed E-state index contributed by atoms with van der Waals surface area (Å²) < 4.78 is 20.7. The highest BCUT2D eigenvalue weighted by molar-refractivity contribution is 5.89. The van der Waals surface area contributed by atoms with Crippen LogP contribution in [-0.4, -0.2) is 62.2 Å². The second-order valence-corrected chi connectivity index (χ2v) is 17.1. The Morgan fingerprint density at radius 1 is 0.450 bits per heavy atom. The lowest BCUT2D eigenvalue weighted by Crippen LogP contribution is -2.67. The lowest BCUT2D eigenvalue weighted by atomic mass is 10.0. The van der Waals surface area contributed by atoms with Crippen molar-refractivity contribution in [1.29, 1.82) is 0 Å². The van der Waals surface area contributed by atoms with Crippen LogP contribution in [0.3, 0.4) is 0 Å². The van der Waals surface area contributed by atoms with Crippen molar-refractivity contribution in [2.24, 2.45) is 0 Å². The van der Waals surface area contributed by atoms with Crippen LogP contribution in [0.5, 0.6) is 0 Å². The Hall–Kier alpha value is -2.86. The first-order chi connectivity index (χ1) is 29.0. The topological polar surface area (TPSA) is 186 Å². The fraction of sp³-hybridized carbons (Fsp3) is 0.875. The van der Waals surface area contributed by atoms with Gasteiger partial charge in [0, 0.05) is 19.3 Å². The molecule has 4 N–H and O–H groups in total. The van der Waals surface area contributed by atoms with Crippen LogP contribution in [-0.2, 0) is 38.1 Å². The number of carbonyl (C=O) groups is 4. The van der Waals surface area contributed by atoms with Gasteiger partial charge in [0.1, 0.15) is 0 Å². The number of aliphatic hydroxyl groups excluding tert-OH is 2. The number of rotatable bonds is 41. The van der Waals surface area contributed by atoms with Crippen LogP contribution in [0, 0.1) is 0 Å². The predicted octanol–water partition coefficient (Wildman–Crippen LogP) is 12.3. The molecule has 2 atom stereocenters. The van der Waals surface area contributed by atoms with E-state index in [1.807, 2.05) is 0 Å². The largest absolute Gasteiger partial charge is 0.505 e. The second-order valence-electron chi connectivity index (χ2n) is 17.1. The lowest BCUT2D eigenvalue weighted by molar-refractivity contribution is -0.457. The summed E-state index contributed by atoms with van der Waals surface area (Å²) in [5, 5.41) is 44.6. The third-order valence-electron chi connectivity index (χ3n) is 11.4. The van der Waals surface area contributed by atoms with Gasteiger partial charge in [0.2, 0.25) is 11.9 Å². The van der Waals surface area contributed by atoms with E-state index < -0.39 is 53.3 Å². The summed E-state index contributed by atoms with van der Waals surface area (Å²) in [5.74, 6) is -14.8. The Morgan fingerprint density at radius 3 is 0.950 bits per heavy atom. The van der Waals surface area contributed by atoms with Crippen molar-refractivity contribution in [3.63, 3.8) is 0 Å². The number of hydrogen-bond donors (Lipinski definition) is 4. The van der Waals surface area contributed by atoms with Crippen LogP contribution in [0.4, 0.5) is 0 Å². The van der Waals surface area contributed by atoms with Gasteiger partial charge in [-0.3, -0.25) is 14.4 Å². The molecule has 0 fully saturated rings. The van der Waals surface area contributed by atoms with Gasteiger partial charge in [0.25, 0.3) is 0 Å². The average molecular weight is 855 g/mol. The molecule has 0 spiro atoms. The minimum absolute atomic E-state index is 0.240. The molecule has 0 saturated carbocycles. The van der Waals surface area contributed by atoms with E-state index in [1.165, 1.54) is 96.3 Å². The van der Waals surface area contributed by atoms with Crippen molar-refractivity contribution in [3.05, 3.63) is 11.5 Å². The van der Waals surface area contributed by atoms with Gasteiger partial charge in [-0.2, -0.15) is 0 Å². The Kier molecular flexibility index (Phi) is 31.9. The summed E-state index contributed by atoms with van der Waals surface area (Å²) in [6.07, 6.45) is 30.7. The normalized spacial score (nSPS) is 15.2. The second kappa shape index (κ2) is 34.7. The highest BCUT2D eigenvalue weighted by atomic mass is 16.9. The number of esters is 4. The molecule has 0 aromatic carbocycles. The molecule has 0 unspecified atom stereocenters. The monoisotopic (exact) mass is 855 g/mol. The molecule has 12 heteroatoms. The fourth-order valence-electron chi connectivity index (χ4n) is 7.60. The summed E-state index contributed by atoms with van der Waals surface area (Å²) >= 11 is 0. The first kappa shape index (κ1) is 55.2. The molecule has 0 aromatic heterocycles. The lowest BCUT2D eigenvalue weighted by Gasteiger charge is -2.41. The summed E-state index contributed by atoms with van der Waals surface area (Å²) in [6, 6.07) is 0. The first-order valence-electron chi connectivity index (χ1n) is 24.4. The molecule has 1 heterocycles. The zero-order chi connectivity index (χ0) is 44.3. The molecular weight excluding hydrogens is 769 g/mol. The zero-order valence-electron chi connectivity index (χ0n) is 38.1. The molecule has 0 amide bonds. The van der Waals surface area contributed by atoms with E-state index in [9.17, 15) is 39.6 Å². The Labute approximate surface area is 362 Å². The molecule has 350 valence electrons. The molecule has 60 heavy (non-hydrogen) atoms. The number of hydrogen-bond acceptors (Lipinski definition) is 12. The summed E-state index contributed by atoms with van der Waals surface area (Å²) in [4.78, 5) is 52.0. The maximum Gasteiger partial charge on any atom is 0.448 e. The average Bonchev–Trinajstić information content (AvgIpc) is 3.48. The van der Waals surface area contributed by atoms with Crippen molar-refractivity contribution in [1.82, 2.24) is 0 Å². The third kappa shape index (κ3) is 24.0. The van der Waals surface area contributed by atoms with Gasteiger partial charge in [-0.15, -0.1) is 0 Å². The van der Waals surface area contributed by atoms with Crippen molar-refractivity contribution >= 4 is 23.9 Å². The number of carbonyl (C=O) groups excluding carboxylic acids is 4. The maximum absolute atomic E-state index is 13.3. The van der Waals surface area contributed by atoms with E-state index in [-0.39, 0.29) is 19.3 Å². The maximum atomic E-state index is 13.3. The molecule has 1 rings (SSSR count). The minimum atomic E-state index is -3.76. The van der Waals surface area contributed by atoms with Crippen LogP contribution in [0.15, 0.2) is 11.5 Å². The van der Waals surface area contributed by atoms with E-state index in [2.05, 4.69) is 20.8 Å². The van der Waals surface area contributed by atoms with Crippen molar-refractivity contribution < 1.29 is 58.6 Å². The Bertz CT molecular complexity index is 1150. The molecule has 1 aliphatic rings. The minimum Gasteiger partial charge on any atom is -0.505 e. The number of cyclic esters (lactones) is 1. The van der Waals surface area contributed by atoms with Crippen LogP contribution >= 0.6 is 0 Å². The van der Waals surface area contributed by atoms with Gasteiger partial charge in [0.15, 0.2) is 5.76 Å². The predicted molar refractivity (Wildman–Crippen MR) is 234 cm³/mol. The Balaban J connectivity index is 2.96. The zero-order valence-corrected chi connectivity index (χ0v) is 38.1. The van der Waals surface area contributed by atoms with Crippen LogP contribution < -0.4 is 0 Å². The standard InChI is InChI=1S/C48H86O12/c1-4-7-10-13-16-19-22-25-28-31-34-37-40(49)58-47(55,45-43(52)44(53)46(54)57-45)48(56,59-41(50)38-35-32-29-26-23-20-17-14-11-8-5-2)60-42(51)39-36-33-30-27-24-21-18-15-12-9-6-3/h45,52-53,55-56H,4-39H2,1-3H3/t45-,47-/m0/s1. The van der Waals surface area contributed by atoms with Gasteiger partial charge >= 0.3 is 35.6 Å². The SMILES string of the molecule is CCCCCCCCCCCCCC(=O)OC(O)(OC(=O)CCCCCCCCCCCCC)[C@@](O)(OC(=O)CCCCCCCCCCCCC)[C@H]1OC(=O)C(O)=C1O. The quantitative estimate of drug-likeness (QED) is 0.0198. The molecule has 0 saturated heterocycles. The molecule has 12 nitrogen and oxygen atoms in total. The van der Waals surface area contributed by atoms with E-state index in [4.69, 9.17) is 18.9 Å². The third-order valence-corrected chi connectivity index (χ3v) is 11.4.